The fourth-order valence-corrected chi connectivity index (χ4v) is 1.28. The Balaban J connectivity index is 2.29. The summed E-state index contributed by atoms with van der Waals surface area (Å²) in [5, 5.41) is 6.44. The van der Waals surface area contributed by atoms with Crippen LogP contribution in [0.4, 0.5) is 0 Å². The fourth-order valence-electron chi connectivity index (χ4n) is 1.28. The second-order valence-electron chi connectivity index (χ2n) is 3.57. The van der Waals surface area contributed by atoms with Gasteiger partial charge in [0.05, 0.1) is 12.4 Å². The fraction of sp³-hybridized carbons (Fsp3) is 0.700. The van der Waals surface area contributed by atoms with Crippen LogP contribution in [-0.4, -0.2) is 32.1 Å². The van der Waals surface area contributed by atoms with E-state index < -0.39 is 0 Å². The van der Waals surface area contributed by atoms with Crippen molar-refractivity contribution in [3.05, 3.63) is 11.9 Å². The number of rotatable bonds is 5. The molecule has 2 unspecified atom stereocenters. The molecule has 0 fully saturated rings. The van der Waals surface area contributed by atoms with Crippen LogP contribution < -0.4 is 10.6 Å². The standard InChI is InChI=1S/C10H19N3O/c1-8(4-5-14-3)13-10-6-9(2)11-7-12-10/h6-9,13H,4-5H2,1-3H3,(H,11,12). The van der Waals surface area contributed by atoms with Gasteiger partial charge in [-0.3, -0.25) is 4.99 Å². The van der Waals surface area contributed by atoms with Gasteiger partial charge < -0.3 is 15.4 Å². The van der Waals surface area contributed by atoms with Gasteiger partial charge in [-0.1, -0.05) is 0 Å². The van der Waals surface area contributed by atoms with Crippen LogP contribution in [0.3, 0.4) is 0 Å². The highest BCUT2D eigenvalue weighted by Gasteiger charge is 2.07. The molecule has 4 nitrogen and oxygen atoms in total. The van der Waals surface area contributed by atoms with E-state index in [4.69, 9.17) is 4.74 Å². The first-order valence-electron chi connectivity index (χ1n) is 4.98. The molecule has 4 heteroatoms. The molecule has 2 N–H and O–H groups in total. The van der Waals surface area contributed by atoms with Gasteiger partial charge in [0.25, 0.3) is 0 Å². The van der Waals surface area contributed by atoms with E-state index in [1.165, 1.54) is 0 Å². The minimum Gasteiger partial charge on any atom is -0.385 e. The van der Waals surface area contributed by atoms with E-state index in [1.807, 2.05) is 0 Å². The van der Waals surface area contributed by atoms with Crippen LogP contribution in [0.15, 0.2) is 16.9 Å². The van der Waals surface area contributed by atoms with Gasteiger partial charge in [0, 0.05) is 19.8 Å². The summed E-state index contributed by atoms with van der Waals surface area (Å²) in [6.07, 6.45) is 4.81. The van der Waals surface area contributed by atoms with Crippen molar-refractivity contribution in [2.24, 2.45) is 4.99 Å². The summed E-state index contributed by atoms with van der Waals surface area (Å²) in [5.41, 5.74) is 0. The monoisotopic (exact) mass is 197 g/mol. The van der Waals surface area contributed by atoms with Crippen molar-refractivity contribution < 1.29 is 4.74 Å². The Morgan fingerprint density at radius 1 is 1.71 bits per heavy atom. The Bertz CT molecular complexity index is 225. The van der Waals surface area contributed by atoms with Crippen molar-refractivity contribution >= 4 is 6.34 Å². The topological polar surface area (TPSA) is 45.6 Å². The molecule has 0 aromatic carbocycles. The molecule has 1 rings (SSSR count). The van der Waals surface area contributed by atoms with Gasteiger partial charge in [-0.25, -0.2) is 0 Å². The zero-order valence-electron chi connectivity index (χ0n) is 9.08. The first kappa shape index (κ1) is 11.0. The van der Waals surface area contributed by atoms with Gasteiger partial charge in [0.2, 0.25) is 0 Å². The molecule has 2 atom stereocenters. The third kappa shape index (κ3) is 3.79. The van der Waals surface area contributed by atoms with Crippen molar-refractivity contribution in [1.29, 1.82) is 0 Å². The molecule has 0 saturated carbocycles. The molecular weight excluding hydrogens is 178 g/mol. The maximum atomic E-state index is 5.02. The molecule has 1 heterocycles. The Morgan fingerprint density at radius 2 is 2.50 bits per heavy atom. The molecule has 0 aromatic heterocycles. The Hall–Kier alpha value is -1.03. The van der Waals surface area contributed by atoms with Crippen LogP contribution in [0.5, 0.6) is 0 Å². The third-order valence-corrected chi connectivity index (χ3v) is 2.09. The number of methoxy groups -OCH3 is 1. The van der Waals surface area contributed by atoms with Crippen LogP contribution in [0.1, 0.15) is 20.3 Å². The van der Waals surface area contributed by atoms with Gasteiger partial charge in [0.15, 0.2) is 0 Å². The molecule has 1 aliphatic rings. The van der Waals surface area contributed by atoms with Crippen molar-refractivity contribution in [2.75, 3.05) is 13.7 Å². The van der Waals surface area contributed by atoms with Gasteiger partial charge in [-0.15, -0.1) is 0 Å². The summed E-state index contributed by atoms with van der Waals surface area (Å²) in [6.45, 7) is 4.97. The summed E-state index contributed by atoms with van der Waals surface area (Å²) >= 11 is 0. The van der Waals surface area contributed by atoms with E-state index in [-0.39, 0.29) is 6.04 Å². The first-order valence-corrected chi connectivity index (χ1v) is 4.98. The van der Waals surface area contributed by atoms with Crippen LogP contribution >= 0.6 is 0 Å². The van der Waals surface area contributed by atoms with Crippen LogP contribution in [-0.2, 0) is 4.74 Å². The van der Waals surface area contributed by atoms with E-state index in [0.717, 1.165) is 18.8 Å². The smallest absolute Gasteiger partial charge is 0.102 e. The summed E-state index contributed by atoms with van der Waals surface area (Å²) in [5.74, 6) is 1.04. The van der Waals surface area contributed by atoms with E-state index >= 15 is 0 Å². The van der Waals surface area contributed by atoms with Gasteiger partial charge in [-0.05, 0) is 26.3 Å². The molecule has 80 valence electrons. The summed E-state index contributed by atoms with van der Waals surface area (Å²) in [7, 11) is 1.72. The molecule has 0 bridgehead atoms. The Kier molecular flexibility index (Phi) is 4.46. The molecule has 0 aromatic rings. The predicted molar refractivity (Wildman–Crippen MR) is 58.3 cm³/mol. The second-order valence-corrected chi connectivity index (χ2v) is 3.57. The average Bonchev–Trinajstić information content (AvgIpc) is 2.15. The third-order valence-electron chi connectivity index (χ3n) is 2.09. The van der Waals surface area contributed by atoms with Gasteiger partial charge in [0.1, 0.15) is 5.82 Å². The van der Waals surface area contributed by atoms with E-state index in [2.05, 4.69) is 35.5 Å². The quantitative estimate of drug-likeness (QED) is 0.687. The van der Waals surface area contributed by atoms with Crippen molar-refractivity contribution in [3.8, 4) is 0 Å². The summed E-state index contributed by atoms with van der Waals surface area (Å²) in [6, 6.07) is 0.667. The molecule has 0 amide bonds. The lowest BCUT2D eigenvalue weighted by atomic mass is 10.2. The number of ether oxygens (including phenoxy) is 1. The van der Waals surface area contributed by atoms with Crippen molar-refractivity contribution in [1.82, 2.24) is 10.6 Å². The number of hydrogen-bond acceptors (Lipinski definition) is 4. The minimum atomic E-state index is 0.258. The number of aliphatic imine (C=N–C) groups is 1. The normalized spacial score (nSPS) is 22.5. The lowest BCUT2D eigenvalue weighted by Gasteiger charge is -2.20. The van der Waals surface area contributed by atoms with Crippen LogP contribution in [0.25, 0.3) is 0 Å². The first-order chi connectivity index (χ1) is 6.72. The molecule has 0 spiro atoms. The molecule has 0 aliphatic carbocycles. The molecule has 1 aliphatic heterocycles. The lowest BCUT2D eigenvalue weighted by molar-refractivity contribution is 0.186. The number of nitrogens with one attached hydrogen (secondary N) is 2. The summed E-state index contributed by atoms with van der Waals surface area (Å²) < 4.78 is 5.02. The molecule has 14 heavy (non-hydrogen) atoms. The molecule has 0 radical (unpaired) electrons. The number of hydrogen-bond donors (Lipinski definition) is 2. The maximum absolute atomic E-state index is 5.02. The highest BCUT2D eigenvalue weighted by molar-refractivity contribution is 5.59. The van der Waals surface area contributed by atoms with Crippen LogP contribution in [0, 0.1) is 0 Å². The maximum Gasteiger partial charge on any atom is 0.102 e. The van der Waals surface area contributed by atoms with Gasteiger partial charge >= 0.3 is 0 Å². The van der Waals surface area contributed by atoms with Crippen molar-refractivity contribution in [3.63, 3.8) is 0 Å². The van der Waals surface area contributed by atoms with Gasteiger partial charge in [-0.2, -0.15) is 0 Å². The summed E-state index contributed by atoms with van der Waals surface area (Å²) in [4.78, 5) is 4.17. The highest BCUT2D eigenvalue weighted by Crippen LogP contribution is 2.01. The Morgan fingerprint density at radius 3 is 3.14 bits per heavy atom. The highest BCUT2D eigenvalue weighted by atomic mass is 16.5. The van der Waals surface area contributed by atoms with Crippen molar-refractivity contribution in [2.45, 2.75) is 32.4 Å². The minimum absolute atomic E-state index is 0.258. The average molecular weight is 197 g/mol. The van der Waals surface area contributed by atoms with E-state index in [0.29, 0.717) is 6.04 Å². The SMILES string of the molecule is COCCC(C)NC1=CC(C)N=CN1. The predicted octanol–water partition coefficient (Wildman–Crippen LogP) is 0.862. The second kappa shape index (κ2) is 5.65. The van der Waals surface area contributed by atoms with E-state index in [1.54, 1.807) is 13.4 Å². The van der Waals surface area contributed by atoms with Crippen LogP contribution in [0.2, 0.25) is 0 Å². The lowest BCUT2D eigenvalue weighted by Crippen LogP contribution is -2.35. The molecular formula is C10H19N3O. The number of nitrogens with zero attached hydrogens (tertiary/aromatic N) is 1. The zero-order valence-corrected chi connectivity index (χ0v) is 9.08. The van der Waals surface area contributed by atoms with E-state index in [9.17, 15) is 0 Å². The Labute approximate surface area is 85.4 Å². The molecule has 0 saturated heterocycles. The zero-order chi connectivity index (χ0) is 10.4. The largest absolute Gasteiger partial charge is 0.385 e.